The molecule has 31 heavy (non-hydrogen) atoms. The summed E-state index contributed by atoms with van der Waals surface area (Å²) in [6.45, 7) is 3.59. The largest absolute Gasteiger partial charge is 0.508 e. The summed E-state index contributed by atoms with van der Waals surface area (Å²) in [6, 6.07) is 22.5. The van der Waals surface area contributed by atoms with E-state index in [2.05, 4.69) is 6.58 Å². The molecule has 3 N–H and O–H groups in total. The maximum absolute atomic E-state index is 11.4. The molecule has 5 nitrogen and oxygen atoms in total. The minimum Gasteiger partial charge on any atom is -0.508 e. The van der Waals surface area contributed by atoms with Crippen molar-refractivity contribution in [3.8, 4) is 34.1 Å². The monoisotopic (exact) mass is 412 g/mol. The molecule has 0 aliphatic rings. The molecule has 0 amide bonds. The third-order valence-electron chi connectivity index (χ3n) is 5.09. The van der Waals surface area contributed by atoms with Crippen LogP contribution < -0.4 is 4.74 Å². The first-order valence-corrected chi connectivity index (χ1v) is 9.64. The highest BCUT2D eigenvalue weighted by Crippen LogP contribution is 2.41. The number of phenolic OH excluding ortho intramolecular Hbond substituents is 2. The Hall–Kier alpha value is -4.25. The van der Waals surface area contributed by atoms with Crippen LogP contribution >= 0.6 is 0 Å². The van der Waals surface area contributed by atoms with Crippen LogP contribution in [0.15, 0.2) is 91.5 Å². The number of fused-ring (bicyclic) bond motifs is 1. The fourth-order valence-corrected chi connectivity index (χ4v) is 3.51. The lowest BCUT2D eigenvalue weighted by molar-refractivity contribution is -0.137. The highest BCUT2D eigenvalue weighted by molar-refractivity contribution is 5.96. The van der Waals surface area contributed by atoms with E-state index in [1.165, 1.54) is 6.08 Å². The second kappa shape index (κ2) is 8.24. The maximum atomic E-state index is 11.4. The van der Waals surface area contributed by atoms with Crippen LogP contribution in [0.1, 0.15) is 11.5 Å². The van der Waals surface area contributed by atoms with E-state index in [9.17, 15) is 20.1 Å². The zero-order chi connectivity index (χ0) is 22.0. The molecule has 4 rings (SSSR count). The van der Waals surface area contributed by atoms with E-state index in [4.69, 9.17) is 4.74 Å². The van der Waals surface area contributed by atoms with E-state index in [0.717, 1.165) is 21.9 Å². The van der Waals surface area contributed by atoms with Gasteiger partial charge in [0.25, 0.3) is 0 Å². The Labute approximate surface area is 179 Å². The first-order valence-electron chi connectivity index (χ1n) is 9.64. The van der Waals surface area contributed by atoms with Crippen LogP contribution in [0.25, 0.3) is 21.9 Å². The summed E-state index contributed by atoms with van der Waals surface area (Å²) in [5, 5.41) is 30.4. The number of carboxylic acids is 1. The van der Waals surface area contributed by atoms with Gasteiger partial charge in [0.15, 0.2) is 0 Å². The summed E-state index contributed by atoms with van der Waals surface area (Å²) in [5.41, 5.74) is 2.28. The SMILES string of the molecule is C=CC(C(=O)O)c1ccc(Oc2c(-c3ccc(O)cc3)ccc3cc(O)ccc23)cc1. The number of hydrogen-bond acceptors (Lipinski definition) is 4. The van der Waals surface area contributed by atoms with Gasteiger partial charge in [-0.05, 0) is 65.0 Å². The molecule has 5 heteroatoms. The standard InChI is InChI=1S/C26H20O5/c1-2-22(26(29)30)16-5-11-21(12-6-16)31-25-23(17-3-8-19(27)9-4-17)13-7-18-15-20(28)10-14-24(18)25/h2-15,22,27-28H,1H2,(H,29,30). The molecule has 0 fully saturated rings. The Kier molecular flexibility index (Phi) is 5.33. The number of aliphatic carboxylic acids is 1. The van der Waals surface area contributed by atoms with Crippen molar-refractivity contribution < 1.29 is 24.9 Å². The van der Waals surface area contributed by atoms with E-state index in [1.54, 1.807) is 66.7 Å². The second-order valence-electron chi connectivity index (χ2n) is 7.12. The van der Waals surface area contributed by atoms with Crippen molar-refractivity contribution in [1.82, 2.24) is 0 Å². The summed E-state index contributed by atoms with van der Waals surface area (Å²) in [5.74, 6) is -0.298. The minimum atomic E-state index is -0.966. The van der Waals surface area contributed by atoms with Gasteiger partial charge in [0.1, 0.15) is 23.0 Å². The molecule has 1 unspecified atom stereocenters. The highest BCUT2D eigenvalue weighted by Gasteiger charge is 2.17. The summed E-state index contributed by atoms with van der Waals surface area (Å²) < 4.78 is 6.26. The van der Waals surface area contributed by atoms with Crippen molar-refractivity contribution in [3.05, 3.63) is 97.1 Å². The lowest BCUT2D eigenvalue weighted by atomic mass is 9.98. The number of aromatic hydroxyl groups is 2. The third-order valence-corrected chi connectivity index (χ3v) is 5.09. The number of rotatable bonds is 6. The van der Waals surface area contributed by atoms with Gasteiger partial charge >= 0.3 is 5.97 Å². The van der Waals surface area contributed by atoms with Gasteiger partial charge < -0.3 is 20.1 Å². The van der Waals surface area contributed by atoms with Crippen LogP contribution in [0, 0.1) is 0 Å². The lowest BCUT2D eigenvalue weighted by Gasteiger charge is -2.16. The van der Waals surface area contributed by atoms with Gasteiger partial charge in [0, 0.05) is 10.9 Å². The molecule has 0 radical (unpaired) electrons. The van der Waals surface area contributed by atoms with Crippen LogP contribution in [-0.4, -0.2) is 21.3 Å². The molecular formula is C26H20O5. The van der Waals surface area contributed by atoms with Crippen molar-refractivity contribution >= 4 is 16.7 Å². The second-order valence-corrected chi connectivity index (χ2v) is 7.12. The Morgan fingerprint density at radius 2 is 1.55 bits per heavy atom. The van der Waals surface area contributed by atoms with Gasteiger partial charge in [0.05, 0.1) is 5.92 Å². The van der Waals surface area contributed by atoms with Crippen molar-refractivity contribution in [2.75, 3.05) is 0 Å². The molecule has 0 aromatic heterocycles. The lowest BCUT2D eigenvalue weighted by Crippen LogP contribution is -2.08. The van der Waals surface area contributed by atoms with Gasteiger partial charge in [-0.3, -0.25) is 4.79 Å². The molecule has 0 aliphatic heterocycles. The number of hydrogen-bond donors (Lipinski definition) is 3. The number of carbonyl (C=O) groups is 1. The fourth-order valence-electron chi connectivity index (χ4n) is 3.51. The van der Waals surface area contributed by atoms with E-state index < -0.39 is 11.9 Å². The molecule has 4 aromatic carbocycles. The quantitative estimate of drug-likeness (QED) is 0.335. The van der Waals surface area contributed by atoms with Crippen molar-refractivity contribution in [1.29, 1.82) is 0 Å². The molecule has 154 valence electrons. The number of benzene rings is 4. The molecule has 1 atom stereocenters. The Morgan fingerprint density at radius 3 is 2.19 bits per heavy atom. The Bertz CT molecular complexity index is 1260. The Balaban J connectivity index is 1.79. The van der Waals surface area contributed by atoms with E-state index in [0.29, 0.717) is 17.1 Å². The van der Waals surface area contributed by atoms with Gasteiger partial charge in [-0.1, -0.05) is 36.4 Å². The molecule has 0 heterocycles. The van der Waals surface area contributed by atoms with Crippen LogP contribution in [0.5, 0.6) is 23.0 Å². The average molecular weight is 412 g/mol. The first kappa shape index (κ1) is 20.0. The molecule has 0 bridgehead atoms. The van der Waals surface area contributed by atoms with Crippen molar-refractivity contribution in [2.45, 2.75) is 5.92 Å². The van der Waals surface area contributed by atoms with Crippen LogP contribution in [0.3, 0.4) is 0 Å². The summed E-state index contributed by atoms with van der Waals surface area (Å²) >= 11 is 0. The molecule has 0 spiro atoms. The predicted molar refractivity (Wildman–Crippen MR) is 120 cm³/mol. The number of carboxylic acid groups (broad SMARTS) is 1. The number of ether oxygens (including phenoxy) is 1. The van der Waals surface area contributed by atoms with E-state index in [1.807, 2.05) is 12.1 Å². The fraction of sp³-hybridized carbons (Fsp3) is 0.0385. The zero-order valence-electron chi connectivity index (χ0n) is 16.5. The van der Waals surface area contributed by atoms with Gasteiger partial charge in [0.2, 0.25) is 0 Å². The average Bonchev–Trinajstić information content (AvgIpc) is 2.76. The molecule has 0 saturated heterocycles. The van der Waals surface area contributed by atoms with E-state index >= 15 is 0 Å². The van der Waals surface area contributed by atoms with Gasteiger partial charge in [-0.15, -0.1) is 6.58 Å². The summed E-state index contributed by atoms with van der Waals surface area (Å²) in [7, 11) is 0. The minimum absolute atomic E-state index is 0.157. The smallest absolute Gasteiger partial charge is 0.314 e. The summed E-state index contributed by atoms with van der Waals surface area (Å²) in [4.78, 5) is 11.4. The Morgan fingerprint density at radius 1 is 0.871 bits per heavy atom. The number of phenols is 2. The third kappa shape index (κ3) is 4.07. The topological polar surface area (TPSA) is 87.0 Å². The maximum Gasteiger partial charge on any atom is 0.314 e. The van der Waals surface area contributed by atoms with E-state index in [-0.39, 0.29) is 11.5 Å². The van der Waals surface area contributed by atoms with Crippen molar-refractivity contribution in [3.63, 3.8) is 0 Å². The van der Waals surface area contributed by atoms with Gasteiger partial charge in [-0.2, -0.15) is 0 Å². The van der Waals surface area contributed by atoms with Crippen LogP contribution in [0.2, 0.25) is 0 Å². The predicted octanol–water partition coefficient (Wildman–Crippen LogP) is 6.06. The highest BCUT2D eigenvalue weighted by atomic mass is 16.5. The van der Waals surface area contributed by atoms with Crippen LogP contribution in [-0.2, 0) is 4.79 Å². The van der Waals surface area contributed by atoms with Crippen LogP contribution in [0.4, 0.5) is 0 Å². The van der Waals surface area contributed by atoms with Gasteiger partial charge in [-0.25, -0.2) is 0 Å². The van der Waals surface area contributed by atoms with Crippen molar-refractivity contribution in [2.24, 2.45) is 0 Å². The summed E-state index contributed by atoms with van der Waals surface area (Å²) in [6.07, 6.45) is 1.39. The molecule has 0 aliphatic carbocycles. The molecular weight excluding hydrogens is 392 g/mol. The normalized spacial score (nSPS) is 11.7. The zero-order valence-corrected chi connectivity index (χ0v) is 16.5. The first-order chi connectivity index (χ1) is 15.0. The molecule has 0 saturated carbocycles. The molecule has 4 aromatic rings.